The van der Waals surface area contributed by atoms with Gasteiger partial charge < -0.3 is 5.73 Å². The van der Waals surface area contributed by atoms with Crippen LogP contribution in [0.25, 0.3) is 0 Å². The van der Waals surface area contributed by atoms with E-state index in [1.165, 1.54) is 6.20 Å². The Balaban J connectivity index is 2.85. The molecule has 1 aromatic heterocycles. The van der Waals surface area contributed by atoms with Crippen molar-refractivity contribution >= 4 is 29.0 Å². The third-order valence-corrected chi connectivity index (χ3v) is 1.57. The molecule has 13 heavy (non-hydrogen) atoms. The van der Waals surface area contributed by atoms with Gasteiger partial charge in [0.15, 0.2) is 11.5 Å². The number of anilines is 1. The average Bonchev–Trinajstić information content (AvgIpc) is 2.09. The fourth-order valence-corrected chi connectivity index (χ4v) is 0.905. The molecular weight excluding hydrogens is 209 g/mol. The van der Waals surface area contributed by atoms with Crippen molar-refractivity contribution in [3.8, 4) is 11.8 Å². The quantitative estimate of drug-likeness (QED) is 0.574. The highest BCUT2D eigenvalue weighted by atomic mass is 35.5. The van der Waals surface area contributed by atoms with Crippen molar-refractivity contribution in [2.75, 3.05) is 11.6 Å². The molecule has 0 aliphatic carbocycles. The van der Waals surface area contributed by atoms with Crippen LogP contribution in [0.5, 0.6) is 0 Å². The first-order valence-corrected chi connectivity index (χ1v) is 4.48. The third kappa shape index (κ3) is 3.10. The van der Waals surface area contributed by atoms with Crippen LogP contribution in [0.2, 0.25) is 5.15 Å². The topological polar surface area (TPSA) is 51.8 Å². The van der Waals surface area contributed by atoms with Crippen molar-refractivity contribution in [2.24, 2.45) is 0 Å². The summed E-state index contributed by atoms with van der Waals surface area (Å²) in [5.41, 5.74) is 5.95. The van der Waals surface area contributed by atoms with Gasteiger partial charge >= 0.3 is 0 Å². The van der Waals surface area contributed by atoms with Crippen molar-refractivity contribution in [2.45, 2.75) is 6.42 Å². The van der Waals surface area contributed by atoms with Gasteiger partial charge in [0.1, 0.15) is 5.15 Å². The standard InChI is InChI=1S/C8H7Cl2N3/c9-4-2-1-3-6-8(11)13-7(10)5-12-6/h5H,2,4H2,(H2,11,13). The van der Waals surface area contributed by atoms with Crippen molar-refractivity contribution in [1.29, 1.82) is 0 Å². The van der Waals surface area contributed by atoms with Gasteiger partial charge in [-0.15, -0.1) is 11.6 Å². The molecule has 0 saturated carbocycles. The highest BCUT2D eigenvalue weighted by Gasteiger charge is 1.98. The first-order chi connectivity index (χ1) is 6.24. The zero-order valence-corrected chi connectivity index (χ0v) is 8.23. The summed E-state index contributed by atoms with van der Waals surface area (Å²) < 4.78 is 0. The number of nitrogens with two attached hydrogens (primary N) is 1. The zero-order chi connectivity index (χ0) is 9.68. The van der Waals surface area contributed by atoms with Crippen LogP contribution in [0.1, 0.15) is 12.1 Å². The summed E-state index contributed by atoms with van der Waals surface area (Å²) in [5.74, 6) is 6.29. The van der Waals surface area contributed by atoms with E-state index in [9.17, 15) is 0 Å². The summed E-state index contributed by atoms with van der Waals surface area (Å²) in [6.07, 6.45) is 2.01. The molecule has 5 heteroatoms. The number of alkyl halides is 1. The lowest BCUT2D eigenvalue weighted by Gasteiger charge is -1.95. The Labute approximate surface area is 86.3 Å². The van der Waals surface area contributed by atoms with Gasteiger partial charge in [-0.2, -0.15) is 0 Å². The molecule has 1 aromatic rings. The predicted octanol–water partition coefficient (Wildman–Crippen LogP) is 1.69. The normalized spacial score (nSPS) is 9.08. The molecule has 2 N–H and O–H groups in total. The van der Waals surface area contributed by atoms with Crippen LogP contribution < -0.4 is 5.73 Å². The maximum atomic E-state index is 5.56. The average molecular weight is 216 g/mol. The van der Waals surface area contributed by atoms with Gasteiger partial charge in [0.25, 0.3) is 0 Å². The molecule has 0 atom stereocenters. The third-order valence-electron chi connectivity index (χ3n) is 1.20. The SMILES string of the molecule is Nc1nc(Cl)cnc1C#CCCCl. The first-order valence-electron chi connectivity index (χ1n) is 3.57. The number of aromatic nitrogens is 2. The number of nitrogen functional groups attached to an aromatic ring is 1. The van der Waals surface area contributed by atoms with Crippen LogP contribution in [0, 0.1) is 11.8 Å². The molecular formula is C8H7Cl2N3. The minimum absolute atomic E-state index is 0.245. The van der Waals surface area contributed by atoms with E-state index >= 15 is 0 Å². The lowest BCUT2D eigenvalue weighted by atomic mass is 10.4. The molecule has 3 nitrogen and oxygen atoms in total. The molecule has 0 amide bonds. The second-order valence-corrected chi connectivity index (χ2v) is 2.93. The molecule has 0 aromatic carbocycles. The fraction of sp³-hybridized carbons (Fsp3) is 0.250. The highest BCUT2D eigenvalue weighted by Crippen LogP contribution is 2.08. The van der Waals surface area contributed by atoms with Gasteiger partial charge in [0, 0.05) is 12.3 Å². The van der Waals surface area contributed by atoms with Crippen molar-refractivity contribution in [3.05, 3.63) is 17.0 Å². The van der Waals surface area contributed by atoms with Crippen molar-refractivity contribution in [3.63, 3.8) is 0 Å². The van der Waals surface area contributed by atoms with Crippen molar-refractivity contribution in [1.82, 2.24) is 9.97 Å². The van der Waals surface area contributed by atoms with E-state index in [1.54, 1.807) is 0 Å². The van der Waals surface area contributed by atoms with Crippen LogP contribution in [-0.2, 0) is 0 Å². The Morgan fingerprint density at radius 2 is 2.31 bits per heavy atom. The van der Waals surface area contributed by atoms with Gasteiger partial charge in [-0.05, 0) is 5.92 Å². The molecule has 0 unspecified atom stereocenters. The van der Waals surface area contributed by atoms with E-state index in [0.29, 0.717) is 18.0 Å². The number of hydrogen-bond acceptors (Lipinski definition) is 3. The summed E-state index contributed by atoms with van der Waals surface area (Å²) >= 11 is 11.0. The number of rotatable bonds is 1. The Hall–Kier alpha value is -0.980. The number of hydrogen-bond donors (Lipinski definition) is 1. The Morgan fingerprint density at radius 3 is 2.92 bits per heavy atom. The van der Waals surface area contributed by atoms with Crippen LogP contribution >= 0.6 is 23.2 Å². The van der Waals surface area contributed by atoms with Gasteiger partial charge in [0.2, 0.25) is 0 Å². The Bertz CT molecular complexity index is 354. The largest absolute Gasteiger partial charge is 0.381 e. The van der Waals surface area contributed by atoms with E-state index in [-0.39, 0.29) is 11.0 Å². The van der Waals surface area contributed by atoms with Gasteiger partial charge in [-0.3, -0.25) is 0 Å². The molecule has 0 saturated heterocycles. The summed E-state index contributed by atoms with van der Waals surface area (Å²) in [5, 5.41) is 0.264. The monoisotopic (exact) mass is 215 g/mol. The van der Waals surface area contributed by atoms with Gasteiger partial charge in [-0.1, -0.05) is 17.5 Å². The molecule has 1 rings (SSSR count). The van der Waals surface area contributed by atoms with Crippen LogP contribution in [-0.4, -0.2) is 15.8 Å². The van der Waals surface area contributed by atoms with Crippen LogP contribution in [0.15, 0.2) is 6.20 Å². The number of halogens is 2. The van der Waals surface area contributed by atoms with Crippen molar-refractivity contribution < 1.29 is 0 Å². The maximum Gasteiger partial charge on any atom is 0.159 e. The molecule has 0 aliphatic heterocycles. The maximum absolute atomic E-state index is 5.56. The molecule has 0 radical (unpaired) electrons. The highest BCUT2D eigenvalue weighted by molar-refractivity contribution is 6.29. The Kier molecular flexibility index (Phi) is 3.81. The molecule has 0 aliphatic rings. The summed E-state index contributed by atoms with van der Waals surface area (Å²) in [6.45, 7) is 0. The Morgan fingerprint density at radius 1 is 1.54 bits per heavy atom. The fourth-order valence-electron chi connectivity index (χ4n) is 0.671. The molecule has 68 valence electrons. The smallest absolute Gasteiger partial charge is 0.159 e. The van der Waals surface area contributed by atoms with E-state index in [4.69, 9.17) is 28.9 Å². The second kappa shape index (κ2) is 4.90. The van der Waals surface area contributed by atoms with E-state index in [0.717, 1.165) is 0 Å². The van der Waals surface area contributed by atoms with Gasteiger partial charge in [0.05, 0.1) is 6.20 Å². The van der Waals surface area contributed by atoms with E-state index < -0.39 is 0 Å². The minimum Gasteiger partial charge on any atom is -0.381 e. The zero-order valence-electron chi connectivity index (χ0n) is 6.72. The lowest BCUT2D eigenvalue weighted by molar-refractivity contribution is 1.18. The lowest BCUT2D eigenvalue weighted by Crippen LogP contribution is -1.97. The summed E-state index contributed by atoms with van der Waals surface area (Å²) in [6, 6.07) is 0. The predicted molar refractivity (Wildman–Crippen MR) is 53.7 cm³/mol. The second-order valence-electron chi connectivity index (χ2n) is 2.17. The van der Waals surface area contributed by atoms with E-state index in [1.807, 2.05) is 0 Å². The molecule has 0 bridgehead atoms. The molecule has 1 heterocycles. The van der Waals surface area contributed by atoms with Crippen LogP contribution in [0.4, 0.5) is 5.82 Å². The summed E-state index contributed by atoms with van der Waals surface area (Å²) in [7, 11) is 0. The molecule has 0 spiro atoms. The molecule has 0 fully saturated rings. The minimum atomic E-state index is 0.245. The summed E-state index contributed by atoms with van der Waals surface area (Å²) in [4.78, 5) is 7.71. The van der Waals surface area contributed by atoms with Crippen LogP contribution in [0.3, 0.4) is 0 Å². The number of nitrogens with zero attached hydrogens (tertiary/aromatic N) is 2. The van der Waals surface area contributed by atoms with E-state index in [2.05, 4.69) is 21.8 Å². The first kappa shape index (κ1) is 10.1. The van der Waals surface area contributed by atoms with Gasteiger partial charge in [-0.25, -0.2) is 9.97 Å².